The predicted octanol–water partition coefficient (Wildman–Crippen LogP) is 2.67. The van der Waals surface area contributed by atoms with Crippen molar-refractivity contribution in [3.05, 3.63) is 24.2 Å². The second-order valence-electron chi connectivity index (χ2n) is 7.51. The van der Waals surface area contributed by atoms with Gasteiger partial charge >= 0.3 is 0 Å². The first-order valence-corrected chi connectivity index (χ1v) is 9.45. The van der Waals surface area contributed by atoms with Crippen molar-refractivity contribution < 1.29 is 14.3 Å². The number of likely N-dealkylation sites (tertiary alicyclic amines) is 1. The number of aliphatic hydroxyl groups is 1. The van der Waals surface area contributed by atoms with E-state index in [9.17, 15) is 5.11 Å². The zero-order valence-corrected chi connectivity index (χ0v) is 15.1. The number of hydrogen-bond acceptors (Lipinski definition) is 5. The topological polar surface area (TPSA) is 49.1 Å². The van der Waals surface area contributed by atoms with Crippen LogP contribution in [-0.2, 0) is 4.74 Å². The van der Waals surface area contributed by atoms with E-state index in [2.05, 4.69) is 29.7 Å². The predicted molar refractivity (Wildman–Crippen MR) is 93.9 cm³/mol. The zero-order valence-electron chi connectivity index (χ0n) is 15.1. The Morgan fingerprint density at radius 3 is 2.67 bits per heavy atom. The van der Waals surface area contributed by atoms with E-state index < -0.39 is 0 Å². The van der Waals surface area contributed by atoms with E-state index in [1.54, 1.807) is 6.26 Å². The van der Waals surface area contributed by atoms with Crippen molar-refractivity contribution in [1.29, 1.82) is 0 Å². The van der Waals surface area contributed by atoms with Gasteiger partial charge in [-0.05, 0) is 45.4 Å². The number of hydrogen-bond donors (Lipinski definition) is 1. The number of rotatable bonds is 5. The number of morpholine rings is 1. The average molecular weight is 336 g/mol. The monoisotopic (exact) mass is 336 g/mol. The third kappa shape index (κ3) is 4.82. The Hall–Kier alpha value is -0.880. The second-order valence-corrected chi connectivity index (χ2v) is 7.51. The van der Waals surface area contributed by atoms with Gasteiger partial charge in [0.15, 0.2) is 0 Å². The molecule has 2 fully saturated rings. The Morgan fingerprint density at radius 1 is 1.17 bits per heavy atom. The lowest BCUT2D eigenvalue weighted by Gasteiger charge is -2.37. The fourth-order valence-electron chi connectivity index (χ4n) is 4.25. The molecule has 3 rings (SSSR count). The molecule has 24 heavy (non-hydrogen) atoms. The number of furan rings is 1. The highest BCUT2D eigenvalue weighted by molar-refractivity contribution is 5.05. The standard InChI is InChI=1S/C19H32N2O3/c1-15-11-20(12-16(2)24-15)13-17(22)14-21-9-5-3-4-7-18(21)19-8-6-10-23-19/h6,8,10,15-18,22H,3-5,7,9,11-14H2,1-2H3. The zero-order chi connectivity index (χ0) is 16.9. The first kappa shape index (κ1) is 17.9. The van der Waals surface area contributed by atoms with Crippen molar-refractivity contribution >= 4 is 0 Å². The first-order chi connectivity index (χ1) is 11.6. The van der Waals surface area contributed by atoms with Crippen LogP contribution in [0.4, 0.5) is 0 Å². The molecule has 0 spiro atoms. The fraction of sp³-hybridized carbons (Fsp3) is 0.789. The molecule has 0 aliphatic carbocycles. The van der Waals surface area contributed by atoms with E-state index in [4.69, 9.17) is 9.15 Å². The first-order valence-electron chi connectivity index (χ1n) is 9.45. The molecular weight excluding hydrogens is 304 g/mol. The molecule has 0 bridgehead atoms. The van der Waals surface area contributed by atoms with Gasteiger partial charge in [-0.2, -0.15) is 0 Å². The molecule has 3 heterocycles. The summed E-state index contributed by atoms with van der Waals surface area (Å²) in [5, 5.41) is 10.7. The number of nitrogens with zero attached hydrogens (tertiary/aromatic N) is 2. The van der Waals surface area contributed by atoms with Crippen molar-refractivity contribution in [2.24, 2.45) is 0 Å². The summed E-state index contributed by atoms with van der Waals surface area (Å²) >= 11 is 0. The number of β-amino-alcohol motifs (C(OH)–C–C–N with tert-alkyl or cyclic N) is 1. The van der Waals surface area contributed by atoms with Crippen LogP contribution in [0.3, 0.4) is 0 Å². The molecule has 4 unspecified atom stereocenters. The van der Waals surface area contributed by atoms with Crippen molar-refractivity contribution in [2.75, 3.05) is 32.7 Å². The van der Waals surface area contributed by atoms with Crippen LogP contribution >= 0.6 is 0 Å². The smallest absolute Gasteiger partial charge is 0.120 e. The summed E-state index contributed by atoms with van der Waals surface area (Å²) in [5.41, 5.74) is 0. The highest BCUT2D eigenvalue weighted by Crippen LogP contribution is 2.30. The molecule has 2 aliphatic heterocycles. The SMILES string of the molecule is CC1CN(CC(O)CN2CCCCCC2c2ccco2)CC(C)O1. The van der Waals surface area contributed by atoms with Crippen molar-refractivity contribution in [1.82, 2.24) is 9.80 Å². The molecule has 0 saturated carbocycles. The Balaban J connectivity index is 1.57. The van der Waals surface area contributed by atoms with E-state index in [1.807, 2.05) is 6.07 Å². The van der Waals surface area contributed by atoms with E-state index >= 15 is 0 Å². The maximum absolute atomic E-state index is 10.7. The van der Waals surface area contributed by atoms with Gasteiger partial charge in [-0.1, -0.05) is 12.8 Å². The van der Waals surface area contributed by atoms with Crippen LogP contribution in [0.25, 0.3) is 0 Å². The van der Waals surface area contributed by atoms with Gasteiger partial charge in [0.2, 0.25) is 0 Å². The van der Waals surface area contributed by atoms with Gasteiger partial charge in [-0.15, -0.1) is 0 Å². The minimum atomic E-state index is -0.335. The van der Waals surface area contributed by atoms with E-state index in [0.717, 1.165) is 38.4 Å². The van der Waals surface area contributed by atoms with Gasteiger partial charge < -0.3 is 14.3 Å². The molecule has 2 aliphatic rings. The molecule has 0 amide bonds. The molecule has 136 valence electrons. The highest BCUT2D eigenvalue weighted by atomic mass is 16.5. The molecular formula is C19H32N2O3. The van der Waals surface area contributed by atoms with Gasteiger partial charge in [0.05, 0.1) is 30.6 Å². The number of aliphatic hydroxyl groups excluding tert-OH is 1. The highest BCUT2D eigenvalue weighted by Gasteiger charge is 2.28. The molecule has 0 radical (unpaired) electrons. The van der Waals surface area contributed by atoms with Crippen molar-refractivity contribution in [3.63, 3.8) is 0 Å². The molecule has 4 atom stereocenters. The third-order valence-electron chi connectivity index (χ3n) is 5.14. The largest absolute Gasteiger partial charge is 0.468 e. The van der Waals surface area contributed by atoms with E-state index in [-0.39, 0.29) is 18.3 Å². The van der Waals surface area contributed by atoms with Crippen LogP contribution in [0.15, 0.2) is 22.8 Å². The summed E-state index contributed by atoms with van der Waals surface area (Å²) in [4.78, 5) is 4.76. The van der Waals surface area contributed by atoms with Crippen LogP contribution in [0, 0.1) is 0 Å². The van der Waals surface area contributed by atoms with E-state index in [1.165, 1.54) is 19.3 Å². The lowest BCUT2D eigenvalue weighted by atomic mass is 10.1. The van der Waals surface area contributed by atoms with Crippen LogP contribution in [-0.4, -0.2) is 65.9 Å². The average Bonchev–Trinajstić information content (AvgIpc) is 2.94. The molecule has 1 aromatic heterocycles. The summed E-state index contributed by atoms with van der Waals surface area (Å²) in [5.74, 6) is 1.04. The maximum Gasteiger partial charge on any atom is 0.120 e. The lowest BCUT2D eigenvalue weighted by Crippen LogP contribution is -2.50. The van der Waals surface area contributed by atoms with Crippen LogP contribution in [0.2, 0.25) is 0 Å². The molecule has 5 heteroatoms. The third-order valence-corrected chi connectivity index (χ3v) is 5.14. The molecule has 1 N–H and O–H groups in total. The quantitative estimate of drug-likeness (QED) is 0.896. The summed E-state index contributed by atoms with van der Waals surface area (Å²) < 4.78 is 11.5. The summed E-state index contributed by atoms with van der Waals surface area (Å²) in [6.07, 6.45) is 6.73. The van der Waals surface area contributed by atoms with E-state index in [0.29, 0.717) is 12.6 Å². The summed E-state index contributed by atoms with van der Waals surface area (Å²) in [6.45, 7) is 8.50. The summed E-state index contributed by atoms with van der Waals surface area (Å²) in [6, 6.07) is 4.34. The number of ether oxygens (including phenoxy) is 1. The lowest BCUT2D eigenvalue weighted by molar-refractivity contribution is -0.0787. The van der Waals surface area contributed by atoms with Crippen LogP contribution in [0.1, 0.15) is 51.3 Å². The molecule has 0 aromatic carbocycles. The van der Waals surface area contributed by atoms with Crippen molar-refractivity contribution in [3.8, 4) is 0 Å². The Labute approximate surface area is 145 Å². The summed E-state index contributed by atoms with van der Waals surface area (Å²) in [7, 11) is 0. The van der Waals surface area contributed by atoms with Crippen molar-refractivity contribution in [2.45, 2.75) is 63.9 Å². The fourth-order valence-corrected chi connectivity index (χ4v) is 4.25. The molecule has 5 nitrogen and oxygen atoms in total. The van der Waals surface area contributed by atoms with Gasteiger partial charge in [-0.3, -0.25) is 9.80 Å². The maximum atomic E-state index is 10.7. The van der Waals surface area contributed by atoms with Gasteiger partial charge in [0.25, 0.3) is 0 Å². The van der Waals surface area contributed by atoms with Crippen LogP contribution < -0.4 is 0 Å². The van der Waals surface area contributed by atoms with Crippen LogP contribution in [0.5, 0.6) is 0 Å². The second kappa shape index (κ2) is 8.48. The Kier molecular flexibility index (Phi) is 6.33. The minimum absolute atomic E-state index is 0.245. The minimum Gasteiger partial charge on any atom is -0.468 e. The Bertz CT molecular complexity index is 469. The van der Waals surface area contributed by atoms with Gasteiger partial charge in [0.1, 0.15) is 5.76 Å². The molecule has 1 aromatic rings. The molecule has 2 saturated heterocycles. The van der Waals surface area contributed by atoms with Gasteiger partial charge in [-0.25, -0.2) is 0 Å². The van der Waals surface area contributed by atoms with Gasteiger partial charge in [0, 0.05) is 26.2 Å². The Morgan fingerprint density at radius 2 is 1.96 bits per heavy atom. The normalized spacial score (nSPS) is 31.7.